The number of morpholine rings is 1. The highest BCUT2D eigenvalue weighted by molar-refractivity contribution is 5.85. The van der Waals surface area contributed by atoms with E-state index in [9.17, 15) is 0 Å². The van der Waals surface area contributed by atoms with Gasteiger partial charge in [0.2, 0.25) is 0 Å². The molecule has 28 heavy (non-hydrogen) atoms. The molecule has 1 saturated heterocycles. The van der Waals surface area contributed by atoms with E-state index >= 15 is 0 Å². The van der Waals surface area contributed by atoms with Crippen LogP contribution in [0.4, 0.5) is 0 Å². The van der Waals surface area contributed by atoms with Crippen LogP contribution in [-0.4, -0.2) is 64.2 Å². The first-order chi connectivity index (χ1) is 13.3. The minimum atomic E-state index is 0. The van der Waals surface area contributed by atoms with Crippen LogP contribution in [0, 0.1) is 0 Å². The molecule has 0 bridgehead atoms. The Kier molecular flexibility index (Phi) is 10.4. The molecule has 0 spiro atoms. The maximum Gasteiger partial charge on any atom is 0.160 e. The van der Waals surface area contributed by atoms with Crippen LogP contribution >= 0.6 is 12.4 Å². The summed E-state index contributed by atoms with van der Waals surface area (Å²) in [6.45, 7) is 4.72. The number of nitrogens with zero attached hydrogens (tertiary/aromatic N) is 1. The molecule has 1 heterocycles. The summed E-state index contributed by atoms with van der Waals surface area (Å²) in [6.07, 6.45) is 8.79. The van der Waals surface area contributed by atoms with Crippen LogP contribution in [0.2, 0.25) is 0 Å². The topological polar surface area (TPSA) is 40.2 Å². The van der Waals surface area contributed by atoms with E-state index in [0.717, 1.165) is 63.7 Å². The zero-order valence-corrected chi connectivity index (χ0v) is 18.2. The quantitative estimate of drug-likeness (QED) is 0.570. The van der Waals surface area contributed by atoms with Gasteiger partial charge in [0, 0.05) is 25.7 Å². The number of halogens is 1. The standard InChI is InChI=1S/C22H35NO4.ClH/c1-24-21-11-10-18(17-22(21)25-2)7-5-6-14-27-20-9-4-3-8-19(20)23-12-15-26-16-13-23;/h10-11,17,19-20H,3-9,12-16H2,1-2H3;1H/t19?,20-;/m0./s1. The Labute approximate surface area is 176 Å². The average Bonchev–Trinajstić information content (AvgIpc) is 2.74. The zero-order valence-electron chi connectivity index (χ0n) is 17.4. The van der Waals surface area contributed by atoms with Crippen molar-refractivity contribution in [3.8, 4) is 11.5 Å². The van der Waals surface area contributed by atoms with Crippen molar-refractivity contribution in [1.29, 1.82) is 0 Å². The van der Waals surface area contributed by atoms with Crippen molar-refractivity contribution in [2.24, 2.45) is 0 Å². The van der Waals surface area contributed by atoms with Gasteiger partial charge in [-0.1, -0.05) is 18.9 Å². The predicted molar refractivity (Wildman–Crippen MR) is 114 cm³/mol. The smallest absolute Gasteiger partial charge is 0.160 e. The molecular formula is C22H36ClNO4. The summed E-state index contributed by atoms with van der Waals surface area (Å²) in [5.74, 6) is 1.60. The normalized spacial score (nSPS) is 23.1. The van der Waals surface area contributed by atoms with E-state index in [1.54, 1.807) is 14.2 Å². The lowest BCUT2D eigenvalue weighted by molar-refractivity contribution is -0.0660. The molecule has 0 amide bonds. The molecule has 0 aromatic heterocycles. The monoisotopic (exact) mass is 413 g/mol. The minimum Gasteiger partial charge on any atom is -0.493 e. The highest BCUT2D eigenvalue weighted by atomic mass is 35.5. The van der Waals surface area contributed by atoms with Crippen molar-refractivity contribution < 1.29 is 18.9 Å². The van der Waals surface area contributed by atoms with Gasteiger partial charge in [0.15, 0.2) is 11.5 Å². The first-order valence-corrected chi connectivity index (χ1v) is 10.5. The summed E-state index contributed by atoms with van der Waals surface area (Å²) in [5.41, 5.74) is 1.29. The third-order valence-electron chi connectivity index (χ3n) is 5.82. The molecule has 0 radical (unpaired) electrons. The second kappa shape index (κ2) is 12.5. The van der Waals surface area contributed by atoms with Crippen LogP contribution in [0.15, 0.2) is 18.2 Å². The molecule has 2 aliphatic rings. The van der Waals surface area contributed by atoms with Crippen LogP contribution in [0.5, 0.6) is 11.5 Å². The van der Waals surface area contributed by atoms with E-state index in [1.165, 1.54) is 31.2 Å². The van der Waals surface area contributed by atoms with Gasteiger partial charge in [-0.3, -0.25) is 4.90 Å². The molecule has 0 N–H and O–H groups in total. The van der Waals surface area contributed by atoms with Crippen LogP contribution in [0.25, 0.3) is 0 Å². The Hall–Kier alpha value is -1.01. The van der Waals surface area contributed by atoms with Crippen LogP contribution in [-0.2, 0) is 15.9 Å². The number of rotatable bonds is 9. The summed E-state index contributed by atoms with van der Waals surface area (Å²) < 4.78 is 22.5. The molecule has 1 aliphatic heterocycles. The van der Waals surface area contributed by atoms with Gasteiger partial charge in [-0.2, -0.15) is 0 Å². The van der Waals surface area contributed by atoms with Gasteiger partial charge in [-0.05, 0) is 49.8 Å². The summed E-state index contributed by atoms with van der Waals surface area (Å²) in [5, 5.41) is 0. The molecule has 1 aromatic carbocycles. The number of aryl methyl sites for hydroxylation is 1. The summed E-state index contributed by atoms with van der Waals surface area (Å²) >= 11 is 0. The van der Waals surface area contributed by atoms with Crippen molar-refractivity contribution in [2.45, 2.75) is 57.1 Å². The predicted octanol–water partition coefficient (Wildman–Crippen LogP) is 4.11. The summed E-state index contributed by atoms with van der Waals surface area (Å²) in [6, 6.07) is 6.78. The van der Waals surface area contributed by atoms with Gasteiger partial charge in [0.05, 0.1) is 33.5 Å². The summed E-state index contributed by atoms with van der Waals surface area (Å²) in [7, 11) is 3.36. The minimum absolute atomic E-state index is 0. The summed E-state index contributed by atoms with van der Waals surface area (Å²) in [4.78, 5) is 2.59. The van der Waals surface area contributed by atoms with E-state index in [2.05, 4.69) is 17.0 Å². The Morgan fingerprint density at radius 1 is 1.00 bits per heavy atom. The maximum absolute atomic E-state index is 6.34. The number of methoxy groups -OCH3 is 2. The first-order valence-electron chi connectivity index (χ1n) is 10.5. The average molecular weight is 414 g/mol. The largest absolute Gasteiger partial charge is 0.493 e. The zero-order chi connectivity index (χ0) is 18.9. The van der Waals surface area contributed by atoms with Crippen molar-refractivity contribution in [2.75, 3.05) is 47.1 Å². The number of hydrogen-bond acceptors (Lipinski definition) is 5. The Bertz CT molecular complexity index is 565. The van der Waals surface area contributed by atoms with Gasteiger partial charge in [-0.25, -0.2) is 0 Å². The van der Waals surface area contributed by atoms with E-state index in [0.29, 0.717) is 12.1 Å². The Morgan fingerprint density at radius 3 is 2.50 bits per heavy atom. The number of ether oxygens (including phenoxy) is 4. The fourth-order valence-electron chi connectivity index (χ4n) is 4.30. The van der Waals surface area contributed by atoms with Gasteiger partial charge in [0.1, 0.15) is 0 Å². The lowest BCUT2D eigenvalue weighted by Gasteiger charge is -2.41. The molecule has 1 aliphatic carbocycles. The fraction of sp³-hybridized carbons (Fsp3) is 0.727. The molecule has 2 atom stereocenters. The molecule has 1 aromatic rings. The molecule has 6 heteroatoms. The van der Waals surface area contributed by atoms with Crippen LogP contribution < -0.4 is 9.47 Å². The van der Waals surface area contributed by atoms with Gasteiger partial charge in [-0.15, -0.1) is 12.4 Å². The Balaban J connectivity index is 0.00000280. The molecule has 1 saturated carbocycles. The van der Waals surface area contributed by atoms with E-state index < -0.39 is 0 Å². The molecule has 3 rings (SSSR count). The van der Waals surface area contributed by atoms with Crippen molar-refractivity contribution in [3.63, 3.8) is 0 Å². The second-order valence-corrected chi connectivity index (χ2v) is 7.56. The van der Waals surface area contributed by atoms with Crippen molar-refractivity contribution in [3.05, 3.63) is 23.8 Å². The Morgan fingerprint density at radius 2 is 1.75 bits per heavy atom. The number of hydrogen-bond donors (Lipinski definition) is 0. The van der Waals surface area contributed by atoms with Gasteiger partial charge < -0.3 is 18.9 Å². The SMILES string of the molecule is COc1ccc(CCCCO[C@H]2CCCCC2N2CCOCC2)cc1OC.Cl. The van der Waals surface area contributed by atoms with Gasteiger partial charge >= 0.3 is 0 Å². The van der Waals surface area contributed by atoms with E-state index in [4.69, 9.17) is 18.9 Å². The highest BCUT2D eigenvalue weighted by Crippen LogP contribution is 2.29. The second-order valence-electron chi connectivity index (χ2n) is 7.56. The van der Waals surface area contributed by atoms with Crippen LogP contribution in [0.1, 0.15) is 44.1 Å². The van der Waals surface area contributed by atoms with E-state index in [-0.39, 0.29) is 12.4 Å². The van der Waals surface area contributed by atoms with Crippen molar-refractivity contribution >= 4 is 12.4 Å². The molecule has 2 fully saturated rings. The first kappa shape index (κ1) is 23.3. The van der Waals surface area contributed by atoms with E-state index in [1.807, 2.05) is 6.07 Å². The number of unbranched alkanes of at least 4 members (excludes halogenated alkanes) is 1. The fourth-order valence-corrected chi connectivity index (χ4v) is 4.30. The third kappa shape index (κ3) is 6.51. The maximum atomic E-state index is 6.34. The molecule has 1 unspecified atom stereocenters. The number of benzene rings is 1. The molecular weight excluding hydrogens is 378 g/mol. The van der Waals surface area contributed by atoms with Gasteiger partial charge in [0.25, 0.3) is 0 Å². The van der Waals surface area contributed by atoms with Crippen LogP contribution in [0.3, 0.4) is 0 Å². The molecule has 160 valence electrons. The highest BCUT2D eigenvalue weighted by Gasteiger charge is 2.31. The lowest BCUT2D eigenvalue weighted by Crippen LogP contribution is -2.51. The van der Waals surface area contributed by atoms with Crippen molar-refractivity contribution in [1.82, 2.24) is 4.90 Å². The lowest BCUT2D eigenvalue weighted by atomic mass is 9.91. The molecule has 5 nitrogen and oxygen atoms in total. The third-order valence-corrected chi connectivity index (χ3v) is 5.82.